The highest BCUT2D eigenvalue weighted by Crippen LogP contribution is 2.28. The molecule has 0 radical (unpaired) electrons. The van der Waals surface area contributed by atoms with Gasteiger partial charge in [-0.3, -0.25) is 0 Å². The molecular weight excluding hydrogens is 250 g/mol. The molecule has 2 N–H and O–H groups in total. The van der Waals surface area contributed by atoms with Crippen molar-refractivity contribution in [2.45, 2.75) is 19.8 Å². The van der Waals surface area contributed by atoms with E-state index in [4.69, 9.17) is 10.5 Å². The fourth-order valence-electron chi connectivity index (χ4n) is 2.25. The van der Waals surface area contributed by atoms with Crippen LogP contribution in [0.15, 0.2) is 36.5 Å². The summed E-state index contributed by atoms with van der Waals surface area (Å²) in [5.41, 5.74) is 7.59. The number of ether oxygens (including phenoxy) is 1. The van der Waals surface area contributed by atoms with Gasteiger partial charge in [0.15, 0.2) is 5.82 Å². The molecule has 20 heavy (non-hydrogen) atoms. The van der Waals surface area contributed by atoms with Crippen molar-refractivity contribution in [3.63, 3.8) is 0 Å². The van der Waals surface area contributed by atoms with Crippen LogP contribution >= 0.6 is 0 Å². The molecule has 0 amide bonds. The normalized spacial score (nSPS) is 11.1. The molecule has 2 aromatic heterocycles. The number of nitrogens with zero attached hydrogens (tertiary/aromatic N) is 2. The smallest absolute Gasteiger partial charge is 0.150 e. The Kier molecular flexibility index (Phi) is 3.37. The Hall–Kier alpha value is -2.36. The van der Waals surface area contributed by atoms with E-state index in [0.717, 1.165) is 40.4 Å². The third-order valence-electron chi connectivity index (χ3n) is 3.31. The molecule has 0 spiro atoms. The number of nitrogens with two attached hydrogens (primary N) is 1. The van der Waals surface area contributed by atoms with E-state index in [2.05, 4.69) is 16.9 Å². The Balaban J connectivity index is 2.13. The number of benzene rings is 1. The van der Waals surface area contributed by atoms with E-state index in [-0.39, 0.29) is 0 Å². The molecule has 4 nitrogen and oxygen atoms in total. The van der Waals surface area contributed by atoms with E-state index >= 15 is 0 Å². The molecule has 0 aliphatic heterocycles. The largest absolute Gasteiger partial charge is 0.492 e. The highest BCUT2D eigenvalue weighted by Gasteiger charge is 2.08. The first-order chi connectivity index (χ1) is 9.79. The van der Waals surface area contributed by atoms with Crippen LogP contribution in [0.3, 0.4) is 0 Å². The Bertz CT molecular complexity index is 755. The first-order valence-electron chi connectivity index (χ1n) is 6.86. The second-order valence-electron chi connectivity index (χ2n) is 4.78. The topological polar surface area (TPSA) is 61.0 Å². The van der Waals surface area contributed by atoms with Crippen molar-refractivity contribution in [3.05, 3.63) is 36.5 Å². The van der Waals surface area contributed by atoms with Crippen LogP contribution in [0.25, 0.3) is 21.8 Å². The molecule has 4 heteroatoms. The van der Waals surface area contributed by atoms with Gasteiger partial charge in [0.1, 0.15) is 11.3 Å². The number of pyridine rings is 2. The van der Waals surface area contributed by atoms with Gasteiger partial charge in [-0.2, -0.15) is 0 Å². The molecule has 1 aromatic carbocycles. The molecule has 0 unspecified atom stereocenters. The van der Waals surface area contributed by atoms with Crippen molar-refractivity contribution in [1.29, 1.82) is 0 Å². The van der Waals surface area contributed by atoms with Crippen LogP contribution in [-0.2, 0) is 0 Å². The summed E-state index contributed by atoms with van der Waals surface area (Å²) < 4.78 is 5.72. The van der Waals surface area contributed by atoms with Crippen LogP contribution < -0.4 is 10.5 Å². The first-order valence-corrected chi connectivity index (χ1v) is 6.86. The Morgan fingerprint density at radius 2 is 2.05 bits per heavy atom. The number of unbranched alkanes of at least 4 members (excludes halogenated alkanes) is 1. The lowest BCUT2D eigenvalue weighted by atomic mass is 10.1. The van der Waals surface area contributed by atoms with Crippen LogP contribution in [-0.4, -0.2) is 16.6 Å². The zero-order valence-corrected chi connectivity index (χ0v) is 11.5. The molecule has 0 aliphatic carbocycles. The first kappa shape index (κ1) is 12.7. The number of aromatic nitrogens is 2. The van der Waals surface area contributed by atoms with Crippen molar-refractivity contribution >= 4 is 27.6 Å². The van der Waals surface area contributed by atoms with Crippen molar-refractivity contribution in [1.82, 2.24) is 9.97 Å². The second-order valence-corrected chi connectivity index (χ2v) is 4.78. The quantitative estimate of drug-likeness (QED) is 0.580. The van der Waals surface area contributed by atoms with Crippen LogP contribution in [0.4, 0.5) is 5.82 Å². The summed E-state index contributed by atoms with van der Waals surface area (Å²) in [6.07, 6.45) is 3.86. The van der Waals surface area contributed by atoms with E-state index in [1.807, 2.05) is 30.3 Å². The monoisotopic (exact) mass is 267 g/mol. The number of fused-ring (bicyclic) bond motifs is 3. The average molecular weight is 267 g/mol. The van der Waals surface area contributed by atoms with Gasteiger partial charge in [-0.15, -0.1) is 0 Å². The molecular formula is C16H17N3O. The average Bonchev–Trinajstić information content (AvgIpc) is 2.48. The summed E-state index contributed by atoms with van der Waals surface area (Å²) >= 11 is 0. The molecule has 0 saturated carbocycles. The third kappa shape index (κ3) is 2.25. The molecule has 0 aliphatic rings. The maximum atomic E-state index is 5.98. The van der Waals surface area contributed by atoms with Crippen LogP contribution in [0.5, 0.6) is 5.75 Å². The summed E-state index contributed by atoms with van der Waals surface area (Å²) in [5, 5.41) is 2.03. The molecule has 0 fully saturated rings. The molecule has 0 bridgehead atoms. The van der Waals surface area contributed by atoms with Gasteiger partial charge in [0.25, 0.3) is 0 Å². The van der Waals surface area contributed by atoms with Crippen molar-refractivity contribution in [2.24, 2.45) is 0 Å². The summed E-state index contributed by atoms with van der Waals surface area (Å²) in [7, 11) is 0. The molecule has 0 atom stereocenters. The minimum absolute atomic E-state index is 0.457. The Morgan fingerprint density at radius 1 is 1.20 bits per heavy atom. The van der Waals surface area contributed by atoms with Gasteiger partial charge in [0.2, 0.25) is 0 Å². The van der Waals surface area contributed by atoms with Gasteiger partial charge < -0.3 is 10.5 Å². The molecule has 3 rings (SSSR count). The lowest BCUT2D eigenvalue weighted by molar-refractivity contribution is 0.309. The van der Waals surface area contributed by atoms with Crippen molar-refractivity contribution in [3.8, 4) is 5.75 Å². The molecule has 2 heterocycles. The molecule has 0 saturated heterocycles. The predicted molar refractivity (Wildman–Crippen MR) is 81.9 cm³/mol. The van der Waals surface area contributed by atoms with Gasteiger partial charge in [0, 0.05) is 10.8 Å². The molecule has 102 valence electrons. The van der Waals surface area contributed by atoms with Crippen molar-refractivity contribution < 1.29 is 4.74 Å². The number of para-hydroxylation sites is 1. The zero-order valence-electron chi connectivity index (χ0n) is 11.5. The highest BCUT2D eigenvalue weighted by molar-refractivity contribution is 6.08. The zero-order chi connectivity index (χ0) is 13.9. The number of nitrogen functional groups attached to an aromatic ring is 1. The van der Waals surface area contributed by atoms with Gasteiger partial charge >= 0.3 is 0 Å². The Morgan fingerprint density at radius 3 is 2.90 bits per heavy atom. The standard InChI is InChI=1S/C16H17N3O/c1-2-3-8-20-11-9-13-12-6-4-5-7-14(12)19-16(17)15(13)18-10-11/h4-7,9-10H,2-3,8H2,1H3,(H2,17,19). The Labute approximate surface area is 117 Å². The van der Waals surface area contributed by atoms with E-state index in [0.29, 0.717) is 12.4 Å². The summed E-state index contributed by atoms with van der Waals surface area (Å²) in [5.74, 6) is 1.24. The van der Waals surface area contributed by atoms with E-state index < -0.39 is 0 Å². The van der Waals surface area contributed by atoms with Crippen molar-refractivity contribution in [2.75, 3.05) is 12.3 Å². The van der Waals surface area contributed by atoms with Crippen LogP contribution in [0.1, 0.15) is 19.8 Å². The number of hydrogen-bond acceptors (Lipinski definition) is 4. The number of anilines is 1. The van der Waals surface area contributed by atoms with E-state index in [1.54, 1.807) is 6.20 Å². The van der Waals surface area contributed by atoms with Gasteiger partial charge in [0.05, 0.1) is 18.3 Å². The maximum Gasteiger partial charge on any atom is 0.150 e. The van der Waals surface area contributed by atoms with E-state index in [9.17, 15) is 0 Å². The fraction of sp³-hybridized carbons (Fsp3) is 0.250. The SMILES string of the molecule is CCCCOc1cnc2c(N)nc3ccccc3c2c1. The van der Waals surface area contributed by atoms with Crippen LogP contribution in [0, 0.1) is 0 Å². The third-order valence-corrected chi connectivity index (χ3v) is 3.31. The van der Waals surface area contributed by atoms with Gasteiger partial charge in [-0.1, -0.05) is 31.5 Å². The predicted octanol–water partition coefficient (Wildman–Crippen LogP) is 3.54. The molecule has 3 aromatic rings. The van der Waals surface area contributed by atoms with Gasteiger partial charge in [-0.05, 0) is 18.6 Å². The van der Waals surface area contributed by atoms with Crippen LogP contribution in [0.2, 0.25) is 0 Å². The van der Waals surface area contributed by atoms with Gasteiger partial charge in [-0.25, -0.2) is 9.97 Å². The number of rotatable bonds is 4. The highest BCUT2D eigenvalue weighted by atomic mass is 16.5. The fourth-order valence-corrected chi connectivity index (χ4v) is 2.25. The lowest BCUT2D eigenvalue weighted by Crippen LogP contribution is -1.99. The lowest BCUT2D eigenvalue weighted by Gasteiger charge is -2.09. The maximum absolute atomic E-state index is 5.98. The van der Waals surface area contributed by atoms with E-state index in [1.165, 1.54) is 0 Å². The summed E-state index contributed by atoms with van der Waals surface area (Å²) in [6.45, 7) is 2.85. The second kappa shape index (κ2) is 5.33. The minimum atomic E-state index is 0.457. The number of hydrogen-bond donors (Lipinski definition) is 1. The summed E-state index contributed by atoms with van der Waals surface area (Å²) in [4.78, 5) is 8.78. The minimum Gasteiger partial charge on any atom is -0.492 e. The summed E-state index contributed by atoms with van der Waals surface area (Å²) in [6, 6.07) is 9.93.